The maximum atomic E-state index is 14.4. The van der Waals surface area contributed by atoms with Crippen LogP contribution in [-0.2, 0) is 4.74 Å². The van der Waals surface area contributed by atoms with Crippen LogP contribution in [0.3, 0.4) is 0 Å². The van der Waals surface area contributed by atoms with Crippen LogP contribution in [0.15, 0.2) is 30.6 Å². The van der Waals surface area contributed by atoms with E-state index in [0.717, 1.165) is 44.4 Å². The highest BCUT2D eigenvalue weighted by Crippen LogP contribution is 2.32. The molecule has 0 saturated carbocycles. The fourth-order valence-corrected chi connectivity index (χ4v) is 4.05. The summed E-state index contributed by atoms with van der Waals surface area (Å²) in [4.78, 5) is 18.8. The van der Waals surface area contributed by atoms with Crippen LogP contribution in [0, 0.1) is 17.7 Å². The van der Waals surface area contributed by atoms with Crippen molar-refractivity contribution in [3.8, 4) is 0 Å². The van der Waals surface area contributed by atoms with Gasteiger partial charge in [0.2, 0.25) is 0 Å². The molecular formula is C19H21FN2O2. The minimum absolute atomic E-state index is 0.160. The maximum Gasteiger partial charge on any atom is 0.257 e. The lowest BCUT2D eigenvalue weighted by Crippen LogP contribution is -2.31. The molecule has 1 aromatic heterocycles. The number of hydrogen-bond donors (Lipinski definition) is 0. The van der Waals surface area contributed by atoms with Gasteiger partial charge in [0, 0.05) is 44.1 Å². The number of halogens is 1. The van der Waals surface area contributed by atoms with Crippen LogP contribution >= 0.6 is 0 Å². The monoisotopic (exact) mass is 328 g/mol. The summed E-state index contributed by atoms with van der Waals surface area (Å²) in [6.45, 7) is 3.06. The van der Waals surface area contributed by atoms with Gasteiger partial charge < -0.3 is 9.64 Å². The predicted molar refractivity (Wildman–Crippen MR) is 89.3 cm³/mol. The molecule has 5 heteroatoms. The van der Waals surface area contributed by atoms with E-state index in [9.17, 15) is 9.18 Å². The number of ether oxygens (including phenoxy) is 1. The van der Waals surface area contributed by atoms with Crippen molar-refractivity contribution in [2.75, 3.05) is 26.3 Å². The molecule has 1 unspecified atom stereocenters. The van der Waals surface area contributed by atoms with Gasteiger partial charge in [-0.05, 0) is 48.6 Å². The van der Waals surface area contributed by atoms with Gasteiger partial charge >= 0.3 is 0 Å². The SMILES string of the molecule is O=C(c1c(F)ccc2ccncc12)N1CCC(C2CCOCC2)C1. The van der Waals surface area contributed by atoms with E-state index in [-0.39, 0.29) is 11.5 Å². The quantitative estimate of drug-likeness (QED) is 0.850. The highest BCUT2D eigenvalue weighted by Gasteiger charge is 2.34. The van der Waals surface area contributed by atoms with Crippen LogP contribution in [-0.4, -0.2) is 42.1 Å². The molecule has 2 aliphatic rings. The molecule has 2 aliphatic heterocycles. The minimum Gasteiger partial charge on any atom is -0.381 e. The molecule has 0 spiro atoms. The molecule has 2 aromatic rings. The lowest BCUT2D eigenvalue weighted by Gasteiger charge is -2.27. The Morgan fingerprint density at radius 1 is 1.17 bits per heavy atom. The number of aromatic nitrogens is 1. The Balaban J connectivity index is 1.57. The molecule has 1 aromatic carbocycles. The highest BCUT2D eigenvalue weighted by molar-refractivity contribution is 6.07. The fourth-order valence-electron chi connectivity index (χ4n) is 4.05. The molecule has 24 heavy (non-hydrogen) atoms. The van der Waals surface area contributed by atoms with E-state index < -0.39 is 5.82 Å². The molecular weight excluding hydrogens is 307 g/mol. The number of benzene rings is 1. The summed E-state index contributed by atoms with van der Waals surface area (Å²) in [7, 11) is 0. The largest absolute Gasteiger partial charge is 0.381 e. The van der Waals surface area contributed by atoms with E-state index >= 15 is 0 Å². The van der Waals surface area contributed by atoms with Crippen LogP contribution < -0.4 is 0 Å². The van der Waals surface area contributed by atoms with Crippen molar-refractivity contribution in [3.63, 3.8) is 0 Å². The Kier molecular flexibility index (Phi) is 4.19. The lowest BCUT2D eigenvalue weighted by molar-refractivity contribution is 0.0471. The Morgan fingerprint density at radius 3 is 2.83 bits per heavy atom. The molecule has 1 atom stereocenters. The van der Waals surface area contributed by atoms with Gasteiger partial charge in [-0.3, -0.25) is 9.78 Å². The average molecular weight is 328 g/mol. The van der Waals surface area contributed by atoms with Gasteiger partial charge in [-0.1, -0.05) is 6.07 Å². The second-order valence-electron chi connectivity index (χ2n) is 6.77. The summed E-state index contributed by atoms with van der Waals surface area (Å²) in [5, 5.41) is 1.44. The summed E-state index contributed by atoms with van der Waals surface area (Å²) in [5.74, 6) is 0.459. The molecule has 3 heterocycles. The van der Waals surface area contributed by atoms with Crippen molar-refractivity contribution in [3.05, 3.63) is 42.0 Å². The smallest absolute Gasteiger partial charge is 0.257 e. The lowest BCUT2D eigenvalue weighted by atomic mass is 9.85. The second-order valence-corrected chi connectivity index (χ2v) is 6.77. The molecule has 4 nitrogen and oxygen atoms in total. The van der Waals surface area contributed by atoms with Gasteiger partial charge in [0.1, 0.15) is 5.82 Å². The number of rotatable bonds is 2. The van der Waals surface area contributed by atoms with E-state index in [0.29, 0.717) is 23.8 Å². The van der Waals surface area contributed by atoms with Gasteiger partial charge in [-0.2, -0.15) is 0 Å². The first-order valence-corrected chi connectivity index (χ1v) is 8.63. The van der Waals surface area contributed by atoms with Gasteiger partial charge in [0.15, 0.2) is 0 Å². The van der Waals surface area contributed by atoms with Crippen LogP contribution in [0.5, 0.6) is 0 Å². The molecule has 0 radical (unpaired) electrons. The number of likely N-dealkylation sites (tertiary alicyclic amines) is 1. The summed E-state index contributed by atoms with van der Waals surface area (Å²) in [6, 6.07) is 4.87. The van der Waals surface area contributed by atoms with Crippen LogP contribution in [0.4, 0.5) is 4.39 Å². The average Bonchev–Trinajstić information content (AvgIpc) is 3.12. The molecule has 4 rings (SSSR count). The van der Waals surface area contributed by atoms with Crippen molar-refractivity contribution in [1.29, 1.82) is 0 Å². The normalized spacial score (nSPS) is 22.2. The molecule has 2 saturated heterocycles. The Hall–Kier alpha value is -2.01. The summed E-state index contributed by atoms with van der Waals surface area (Å²) in [5.41, 5.74) is 0.160. The van der Waals surface area contributed by atoms with Crippen molar-refractivity contribution in [2.24, 2.45) is 11.8 Å². The zero-order valence-corrected chi connectivity index (χ0v) is 13.6. The second kappa shape index (κ2) is 6.48. The first-order chi connectivity index (χ1) is 11.7. The Morgan fingerprint density at radius 2 is 2.00 bits per heavy atom. The van der Waals surface area contributed by atoms with Crippen molar-refractivity contribution >= 4 is 16.7 Å². The predicted octanol–water partition coefficient (Wildman–Crippen LogP) is 3.26. The number of nitrogens with zero attached hydrogens (tertiary/aromatic N) is 2. The summed E-state index contributed by atoms with van der Waals surface area (Å²) in [6.07, 6.45) is 6.38. The van der Waals surface area contributed by atoms with Crippen LogP contribution in [0.2, 0.25) is 0 Å². The maximum absolute atomic E-state index is 14.4. The van der Waals surface area contributed by atoms with E-state index in [2.05, 4.69) is 4.98 Å². The zero-order chi connectivity index (χ0) is 16.5. The van der Waals surface area contributed by atoms with E-state index in [1.807, 2.05) is 4.90 Å². The number of carbonyl (C=O) groups is 1. The van der Waals surface area contributed by atoms with Crippen molar-refractivity contribution in [1.82, 2.24) is 9.88 Å². The third kappa shape index (κ3) is 2.77. The highest BCUT2D eigenvalue weighted by atomic mass is 19.1. The summed E-state index contributed by atoms with van der Waals surface area (Å²) >= 11 is 0. The van der Waals surface area contributed by atoms with Crippen LogP contribution in [0.1, 0.15) is 29.6 Å². The number of fused-ring (bicyclic) bond motifs is 1. The van der Waals surface area contributed by atoms with E-state index in [1.54, 1.807) is 24.5 Å². The topological polar surface area (TPSA) is 42.4 Å². The number of pyridine rings is 1. The van der Waals surface area contributed by atoms with Gasteiger partial charge in [-0.25, -0.2) is 4.39 Å². The third-order valence-corrected chi connectivity index (χ3v) is 5.43. The van der Waals surface area contributed by atoms with Crippen molar-refractivity contribution in [2.45, 2.75) is 19.3 Å². The first kappa shape index (κ1) is 15.5. The molecule has 0 N–H and O–H groups in total. The zero-order valence-electron chi connectivity index (χ0n) is 13.6. The Bertz CT molecular complexity index is 758. The van der Waals surface area contributed by atoms with Gasteiger partial charge in [-0.15, -0.1) is 0 Å². The Labute approximate surface area is 140 Å². The molecule has 0 aliphatic carbocycles. The van der Waals surface area contributed by atoms with Gasteiger partial charge in [0.05, 0.1) is 5.56 Å². The molecule has 126 valence electrons. The number of amides is 1. The van der Waals surface area contributed by atoms with Crippen molar-refractivity contribution < 1.29 is 13.9 Å². The fraction of sp³-hybridized carbons (Fsp3) is 0.474. The number of carbonyl (C=O) groups excluding carboxylic acids is 1. The molecule has 1 amide bonds. The summed E-state index contributed by atoms with van der Waals surface area (Å²) < 4.78 is 19.8. The molecule has 2 fully saturated rings. The minimum atomic E-state index is -0.463. The van der Waals surface area contributed by atoms with E-state index in [4.69, 9.17) is 4.74 Å². The van der Waals surface area contributed by atoms with E-state index in [1.165, 1.54) is 6.07 Å². The number of hydrogen-bond acceptors (Lipinski definition) is 3. The first-order valence-electron chi connectivity index (χ1n) is 8.63. The van der Waals surface area contributed by atoms with Crippen LogP contribution in [0.25, 0.3) is 10.8 Å². The third-order valence-electron chi connectivity index (χ3n) is 5.43. The standard InChI is InChI=1S/C19H21FN2O2/c20-17-2-1-14-3-7-21-11-16(14)18(17)19(23)22-8-4-15(12-22)13-5-9-24-10-6-13/h1-3,7,11,13,15H,4-6,8-10,12H2. The molecule has 0 bridgehead atoms. The van der Waals surface area contributed by atoms with Gasteiger partial charge in [0.25, 0.3) is 5.91 Å².